The van der Waals surface area contributed by atoms with Gasteiger partial charge < -0.3 is 15.0 Å². The largest absolute Gasteiger partial charge is 0.379 e. The monoisotopic (exact) mass is 435 g/mol. The topological polar surface area (TPSA) is 54.7 Å². The van der Waals surface area contributed by atoms with E-state index in [0.29, 0.717) is 0 Å². The molecule has 0 spiro atoms. The van der Waals surface area contributed by atoms with Crippen molar-refractivity contribution in [2.75, 3.05) is 39.9 Å². The number of aliphatic imine (C=N–C) groups is 1. The molecule has 1 N–H and O–H groups in total. The van der Waals surface area contributed by atoms with Gasteiger partial charge in [0.05, 0.1) is 25.9 Å². The lowest BCUT2D eigenvalue weighted by Crippen LogP contribution is -2.40. The van der Waals surface area contributed by atoms with E-state index in [1.807, 2.05) is 24.0 Å². The minimum Gasteiger partial charge on any atom is -0.379 e. The maximum absolute atomic E-state index is 5.69. The van der Waals surface area contributed by atoms with Gasteiger partial charge in [0.2, 0.25) is 0 Å². The third-order valence-electron chi connectivity index (χ3n) is 3.67. The van der Waals surface area contributed by atoms with Crippen molar-refractivity contribution >= 4 is 29.9 Å². The summed E-state index contributed by atoms with van der Waals surface area (Å²) in [5.41, 5.74) is 1.18. The Morgan fingerprint density at radius 1 is 1.52 bits per heavy atom. The molecular formula is C16H30IN5O. The third-order valence-corrected chi connectivity index (χ3v) is 3.67. The summed E-state index contributed by atoms with van der Waals surface area (Å²) in [7, 11) is 2.06. The molecule has 0 radical (unpaired) electrons. The number of rotatable bonds is 9. The first-order chi connectivity index (χ1) is 10.7. The van der Waals surface area contributed by atoms with E-state index in [0.717, 1.165) is 51.3 Å². The second-order valence-corrected chi connectivity index (χ2v) is 5.96. The van der Waals surface area contributed by atoms with Crippen molar-refractivity contribution in [3.05, 3.63) is 18.0 Å². The van der Waals surface area contributed by atoms with Crippen molar-refractivity contribution in [3.63, 3.8) is 0 Å². The highest BCUT2D eigenvalue weighted by Crippen LogP contribution is 2.28. The molecule has 1 aliphatic rings. The predicted molar refractivity (Wildman–Crippen MR) is 105 cm³/mol. The molecule has 0 bridgehead atoms. The first-order valence-electron chi connectivity index (χ1n) is 8.25. The van der Waals surface area contributed by atoms with Gasteiger partial charge in [0.25, 0.3) is 0 Å². The van der Waals surface area contributed by atoms with Gasteiger partial charge in [-0.1, -0.05) is 0 Å². The minimum absolute atomic E-state index is 0. The van der Waals surface area contributed by atoms with Crippen molar-refractivity contribution < 1.29 is 4.74 Å². The number of hydrogen-bond acceptors (Lipinski definition) is 3. The Morgan fingerprint density at radius 2 is 2.30 bits per heavy atom. The van der Waals surface area contributed by atoms with Gasteiger partial charge in [-0.05, 0) is 38.2 Å². The molecule has 6 nitrogen and oxygen atoms in total. The Balaban J connectivity index is 0.00000264. The first-order valence-corrected chi connectivity index (χ1v) is 8.25. The molecule has 0 unspecified atom stereocenters. The maximum atomic E-state index is 5.69. The van der Waals surface area contributed by atoms with E-state index in [9.17, 15) is 0 Å². The average Bonchev–Trinajstić information content (AvgIpc) is 3.24. The van der Waals surface area contributed by atoms with Gasteiger partial charge in [-0.15, -0.1) is 24.0 Å². The lowest BCUT2D eigenvalue weighted by molar-refractivity contribution is 0.115. The summed E-state index contributed by atoms with van der Waals surface area (Å²) in [6, 6.07) is 0. The van der Waals surface area contributed by atoms with Crippen molar-refractivity contribution in [1.29, 1.82) is 0 Å². The molecule has 0 atom stereocenters. The lowest BCUT2D eigenvalue weighted by Gasteiger charge is -2.22. The zero-order valence-corrected chi connectivity index (χ0v) is 16.8. The van der Waals surface area contributed by atoms with E-state index in [2.05, 4.69) is 34.3 Å². The molecule has 132 valence electrons. The highest BCUT2D eigenvalue weighted by Gasteiger charge is 2.21. The standard InChI is InChI=1S/C16H29N5O.HI/c1-4-17-16(18-7-8-21-12-14(2)11-19-21)20(3)9-10-22-13-15-5-6-15;/h11-12,15H,4-10,13H2,1-3H3,(H,17,18);1H. The molecule has 1 aromatic rings. The fourth-order valence-electron chi connectivity index (χ4n) is 2.16. The predicted octanol–water partition coefficient (Wildman–Crippen LogP) is 2.13. The number of hydrogen-bond donors (Lipinski definition) is 1. The van der Waals surface area contributed by atoms with Crippen molar-refractivity contribution in [2.45, 2.75) is 33.2 Å². The Kier molecular flexibility index (Phi) is 9.54. The second kappa shape index (κ2) is 10.9. The number of ether oxygens (including phenoxy) is 1. The summed E-state index contributed by atoms with van der Waals surface area (Å²) in [5.74, 6) is 1.76. The lowest BCUT2D eigenvalue weighted by atomic mass is 10.4. The van der Waals surface area contributed by atoms with Crippen LogP contribution in [-0.4, -0.2) is 60.5 Å². The smallest absolute Gasteiger partial charge is 0.193 e. The second-order valence-electron chi connectivity index (χ2n) is 5.96. The number of likely N-dealkylation sites (N-methyl/N-ethyl adjacent to an activating group) is 1. The first kappa shape index (κ1) is 20.2. The van der Waals surface area contributed by atoms with Gasteiger partial charge >= 0.3 is 0 Å². The molecule has 7 heteroatoms. The van der Waals surface area contributed by atoms with Crippen LogP contribution in [0.25, 0.3) is 0 Å². The average molecular weight is 435 g/mol. The maximum Gasteiger partial charge on any atom is 0.193 e. The van der Waals surface area contributed by atoms with E-state index < -0.39 is 0 Å². The van der Waals surface area contributed by atoms with Crippen LogP contribution in [0.3, 0.4) is 0 Å². The molecule has 1 heterocycles. The number of nitrogens with zero attached hydrogens (tertiary/aromatic N) is 4. The zero-order chi connectivity index (χ0) is 15.8. The van der Waals surface area contributed by atoms with Crippen LogP contribution in [0.4, 0.5) is 0 Å². The Hall–Kier alpha value is -0.830. The minimum atomic E-state index is 0. The SMILES string of the molecule is CCNC(=NCCn1cc(C)cn1)N(C)CCOCC1CC1.I. The highest BCUT2D eigenvalue weighted by atomic mass is 127. The molecule has 1 aromatic heterocycles. The normalized spacial score (nSPS) is 14.5. The van der Waals surface area contributed by atoms with Crippen LogP contribution in [0, 0.1) is 12.8 Å². The molecule has 23 heavy (non-hydrogen) atoms. The highest BCUT2D eigenvalue weighted by molar-refractivity contribution is 14.0. The fourth-order valence-corrected chi connectivity index (χ4v) is 2.16. The number of nitrogens with one attached hydrogen (secondary N) is 1. The van der Waals surface area contributed by atoms with E-state index in [4.69, 9.17) is 4.74 Å². The summed E-state index contributed by atoms with van der Waals surface area (Å²) in [4.78, 5) is 6.79. The fraction of sp³-hybridized carbons (Fsp3) is 0.750. The van der Waals surface area contributed by atoms with Crippen LogP contribution in [0.15, 0.2) is 17.4 Å². The summed E-state index contributed by atoms with van der Waals surface area (Å²) < 4.78 is 7.63. The summed E-state index contributed by atoms with van der Waals surface area (Å²) >= 11 is 0. The summed E-state index contributed by atoms with van der Waals surface area (Å²) in [6.45, 7) is 9.06. The van der Waals surface area contributed by atoms with Crippen LogP contribution >= 0.6 is 24.0 Å². The Labute approximate surface area is 156 Å². The molecule has 1 saturated carbocycles. The van der Waals surface area contributed by atoms with Gasteiger partial charge in [-0.3, -0.25) is 9.67 Å². The molecule has 0 aliphatic heterocycles. The molecule has 0 saturated heterocycles. The van der Waals surface area contributed by atoms with Crippen LogP contribution in [0.5, 0.6) is 0 Å². The number of aryl methyl sites for hydroxylation is 1. The molecule has 0 amide bonds. The van der Waals surface area contributed by atoms with Crippen LogP contribution in [0.2, 0.25) is 0 Å². The van der Waals surface area contributed by atoms with Crippen LogP contribution in [-0.2, 0) is 11.3 Å². The molecule has 2 rings (SSSR count). The number of aromatic nitrogens is 2. The van der Waals surface area contributed by atoms with Crippen molar-refractivity contribution in [1.82, 2.24) is 20.0 Å². The molecule has 1 aliphatic carbocycles. The van der Waals surface area contributed by atoms with Crippen molar-refractivity contribution in [3.8, 4) is 0 Å². The van der Waals surface area contributed by atoms with E-state index in [-0.39, 0.29) is 24.0 Å². The van der Waals surface area contributed by atoms with Gasteiger partial charge in [0.1, 0.15) is 0 Å². The van der Waals surface area contributed by atoms with Crippen molar-refractivity contribution in [2.24, 2.45) is 10.9 Å². The molecular weight excluding hydrogens is 405 g/mol. The van der Waals surface area contributed by atoms with Crippen LogP contribution < -0.4 is 5.32 Å². The Bertz CT molecular complexity index is 473. The quantitative estimate of drug-likeness (QED) is 0.280. The number of halogens is 1. The molecule has 0 aromatic carbocycles. The Morgan fingerprint density at radius 3 is 2.91 bits per heavy atom. The van der Waals surface area contributed by atoms with E-state index in [1.165, 1.54) is 18.4 Å². The van der Waals surface area contributed by atoms with E-state index >= 15 is 0 Å². The third kappa shape index (κ3) is 8.01. The van der Waals surface area contributed by atoms with E-state index in [1.54, 1.807) is 0 Å². The van der Waals surface area contributed by atoms with Gasteiger partial charge in [-0.25, -0.2) is 0 Å². The summed E-state index contributed by atoms with van der Waals surface area (Å²) in [6.07, 6.45) is 6.59. The molecule has 1 fully saturated rings. The number of guanidine groups is 1. The summed E-state index contributed by atoms with van der Waals surface area (Å²) in [5, 5.41) is 7.61. The van der Waals surface area contributed by atoms with Gasteiger partial charge in [0.15, 0.2) is 5.96 Å². The van der Waals surface area contributed by atoms with Crippen LogP contribution in [0.1, 0.15) is 25.3 Å². The zero-order valence-electron chi connectivity index (χ0n) is 14.5. The van der Waals surface area contributed by atoms with Gasteiger partial charge in [0, 0.05) is 32.9 Å². The van der Waals surface area contributed by atoms with Gasteiger partial charge in [-0.2, -0.15) is 5.10 Å².